The standard InChI is InChI=1S/C13H16ClNO/c1-8(2)10-7-9-11(12(14)15-10)16-6-5-13(9,3)4/h7H,1,5-6H2,2-4H3. The van der Waals surface area contributed by atoms with E-state index in [4.69, 9.17) is 16.3 Å². The number of nitrogens with zero attached hydrogens (tertiary/aromatic N) is 1. The number of allylic oxidation sites excluding steroid dienone is 1. The molecule has 2 nitrogen and oxygen atoms in total. The molecule has 0 amide bonds. The van der Waals surface area contributed by atoms with Crippen LogP contribution in [0.2, 0.25) is 5.15 Å². The molecule has 0 saturated carbocycles. The highest BCUT2D eigenvalue weighted by Gasteiger charge is 2.31. The van der Waals surface area contributed by atoms with Crippen LogP contribution in [0, 0.1) is 0 Å². The van der Waals surface area contributed by atoms with Crippen LogP contribution in [0.3, 0.4) is 0 Å². The Kier molecular flexibility index (Phi) is 2.70. The highest BCUT2D eigenvalue weighted by molar-refractivity contribution is 6.31. The first-order valence-electron chi connectivity index (χ1n) is 5.41. The van der Waals surface area contributed by atoms with Crippen molar-refractivity contribution >= 4 is 17.2 Å². The van der Waals surface area contributed by atoms with Crippen LogP contribution in [-0.4, -0.2) is 11.6 Å². The van der Waals surface area contributed by atoms with Gasteiger partial charge >= 0.3 is 0 Å². The lowest BCUT2D eigenvalue weighted by Crippen LogP contribution is -2.27. The fraction of sp³-hybridized carbons (Fsp3) is 0.462. The molecule has 0 fully saturated rings. The molecule has 1 aliphatic heterocycles. The van der Waals surface area contributed by atoms with E-state index in [1.807, 2.05) is 13.0 Å². The predicted octanol–water partition coefficient (Wildman–Crippen LogP) is 3.83. The average Bonchev–Trinajstić information content (AvgIpc) is 2.18. The average molecular weight is 238 g/mol. The fourth-order valence-electron chi connectivity index (χ4n) is 1.90. The molecule has 0 radical (unpaired) electrons. The summed E-state index contributed by atoms with van der Waals surface area (Å²) in [6.07, 6.45) is 0.996. The minimum absolute atomic E-state index is 0.0877. The van der Waals surface area contributed by atoms with Gasteiger partial charge in [-0.25, -0.2) is 4.98 Å². The van der Waals surface area contributed by atoms with Crippen LogP contribution in [-0.2, 0) is 5.41 Å². The van der Waals surface area contributed by atoms with Crippen molar-refractivity contribution in [2.45, 2.75) is 32.6 Å². The first kappa shape index (κ1) is 11.5. The SMILES string of the molecule is C=C(C)c1cc2c(c(Cl)n1)OCCC2(C)C. The topological polar surface area (TPSA) is 22.1 Å². The van der Waals surface area contributed by atoms with Gasteiger partial charge in [0.1, 0.15) is 0 Å². The number of pyridine rings is 1. The van der Waals surface area contributed by atoms with E-state index in [2.05, 4.69) is 25.4 Å². The van der Waals surface area contributed by atoms with Crippen LogP contribution in [0.25, 0.3) is 5.57 Å². The largest absolute Gasteiger partial charge is 0.490 e. The van der Waals surface area contributed by atoms with E-state index < -0.39 is 0 Å². The maximum atomic E-state index is 6.14. The smallest absolute Gasteiger partial charge is 0.171 e. The summed E-state index contributed by atoms with van der Waals surface area (Å²) in [6, 6.07) is 2.04. The first-order valence-corrected chi connectivity index (χ1v) is 5.79. The van der Waals surface area contributed by atoms with E-state index in [-0.39, 0.29) is 5.41 Å². The van der Waals surface area contributed by atoms with Gasteiger partial charge in [-0.05, 0) is 30.4 Å². The molecule has 0 atom stereocenters. The zero-order valence-corrected chi connectivity index (χ0v) is 10.7. The molecule has 0 spiro atoms. The highest BCUT2D eigenvalue weighted by Crippen LogP contribution is 2.42. The second kappa shape index (κ2) is 3.77. The molecule has 1 aromatic heterocycles. The molecular formula is C13H16ClNO. The molecule has 86 valence electrons. The first-order chi connectivity index (χ1) is 7.42. The second-order valence-electron chi connectivity index (χ2n) is 4.94. The number of aromatic nitrogens is 1. The zero-order valence-electron chi connectivity index (χ0n) is 9.93. The molecular weight excluding hydrogens is 222 g/mol. The van der Waals surface area contributed by atoms with Crippen molar-refractivity contribution in [2.75, 3.05) is 6.61 Å². The molecule has 3 heteroatoms. The van der Waals surface area contributed by atoms with Crippen molar-refractivity contribution in [3.05, 3.63) is 29.1 Å². The van der Waals surface area contributed by atoms with Gasteiger partial charge in [-0.15, -0.1) is 0 Å². The number of rotatable bonds is 1. The molecule has 1 aliphatic rings. The Morgan fingerprint density at radius 3 is 2.88 bits per heavy atom. The van der Waals surface area contributed by atoms with Crippen LogP contribution in [0.1, 0.15) is 38.4 Å². The van der Waals surface area contributed by atoms with Crippen molar-refractivity contribution < 1.29 is 4.74 Å². The van der Waals surface area contributed by atoms with Crippen molar-refractivity contribution in [1.82, 2.24) is 4.98 Å². The normalized spacial score (nSPS) is 17.5. The molecule has 0 unspecified atom stereocenters. The summed E-state index contributed by atoms with van der Waals surface area (Å²) in [5.74, 6) is 0.739. The number of halogens is 1. The number of ether oxygens (including phenoxy) is 1. The van der Waals surface area contributed by atoms with Crippen molar-refractivity contribution in [3.63, 3.8) is 0 Å². The Morgan fingerprint density at radius 2 is 2.25 bits per heavy atom. The summed E-state index contributed by atoms with van der Waals surface area (Å²) >= 11 is 6.14. The molecule has 0 N–H and O–H groups in total. The maximum absolute atomic E-state index is 6.14. The third kappa shape index (κ3) is 1.82. The van der Waals surface area contributed by atoms with Crippen LogP contribution in [0.5, 0.6) is 5.75 Å². The number of fused-ring (bicyclic) bond motifs is 1. The Morgan fingerprint density at radius 1 is 1.56 bits per heavy atom. The van der Waals surface area contributed by atoms with Crippen LogP contribution < -0.4 is 4.74 Å². The molecule has 1 aromatic rings. The monoisotopic (exact) mass is 237 g/mol. The minimum Gasteiger partial charge on any atom is -0.490 e. The van der Waals surface area contributed by atoms with Gasteiger partial charge in [-0.2, -0.15) is 0 Å². The van der Waals surface area contributed by atoms with Crippen molar-refractivity contribution in [2.24, 2.45) is 0 Å². The zero-order chi connectivity index (χ0) is 11.9. The Labute approximate surface area is 101 Å². The molecule has 0 aromatic carbocycles. The van der Waals surface area contributed by atoms with Crippen LogP contribution >= 0.6 is 11.6 Å². The molecule has 0 bridgehead atoms. The van der Waals surface area contributed by atoms with E-state index in [1.54, 1.807) is 0 Å². The maximum Gasteiger partial charge on any atom is 0.171 e. The summed E-state index contributed by atoms with van der Waals surface area (Å²) in [7, 11) is 0. The van der Waals surface area contributed by atoms with Crippen LogP contribution in [0.15, 0.2) is 12.6 Å². The van der Waals surface area contributed by atoms with Gasteiger partial charge in [0.05, 0.1) is 12.3 Å². The third-order valence-electron chi connectivity index (χ3n) is 3.07. The lowest BCUT2D eigenvalue weighted by Gasteiger charge is -2.32. The summed E-state index contributed by atoms with van der Waals surface area (Å²) in [6.45, 7) is 10.9. The van der Waals surface area contributed by atoms with Gasteiger partial charge in [0.25, 0.3) is 0 Å². The molecule has 2 heterocycles. The third-order valence-corrected chi connectivity index (χ3v) is 3.33. The number of hydrogen-bond donors (Lipinski definition) is 0. The van der Waals surface area contributed by atoms with Crippen molar-refractivity contribution in [1.29, 1.82) is 0 Å². The molecule has 2 rings (SSSR count). The fourth-order valence-corrected chi connectivity index (χ4v) is 2.15. The van der Waals surface area contributed by atoms with E-state index in [9.17, 15) is 0 Å². The summed E-state index contributed by atoms with van der Waals surface area (Å²) in [4.78, 5) is 4.29. The molecule has 0 aliphatic carbocycles. The molecule has 0 saturated heterocycles. The summed E-state index contributed by atoms with van der Waals surface area (Å²) in [5.41, 5.74) is 3.00. The lowest BCUT2D eigenvalue weighted by atomic mass is 9.80. The molecule has 16 heavy (non-hydrogen) atoms. The summed E-state index contributed by atoms with van der Waals surface area (Å²) < 4.78 is 5.60. The van der Waals surface area contributed by atoms with E-state index in [0.29, 0.717) is 11.8 Å². The highest BCUT2D eigenvalue weighted by atomic mass is 35.5. The Hall–Kier alpha value is -1.02. The quantitative estimate of drug-likeness (QED) is 0.693. The summed E-state index contributed by atoms with van der Waals surface area (Å²) in [5, 5.41) is 0.447. The van der Waals surface area contributed by atoms with Gasteiger partial charge in [-0.3, -0.25) is 0 Å². The minimum atomic E-state index is 0.0877. The van der Waals surface area contributed by atoms with Gasteiger partial charge in [0.2, 0.25) is 0 Å². The van der Waals surface area contributed by atoms with E-state index in [0.717, 1.165) is 29.0 Å². The van der Waals surface area contributed by atoms with Gasteiger partial charge in [0, 0.05) is 5.56 Å². The second-order valence-corrected chi connectivity index (χ2v) is 5.30. The van der Waals surface area contributed by atoms with Gasteiger partial charge in [0.15, 0.2) is 10.9 Å². The Balaban J connectivity index is 2.64. The number of hydrogen-bond acceptors (Lipinski definition) is 2. The van der Waals surface area contributed by atoms with Crippen LogP contribution in [0.4, 0.5) is 0 Å². The lowest BCUT2D eigenvalue weighted by molar-refractivity contribution is 0.233. The van der Waals surface area contributed by atoms with Crippen molar-refractivity contribution in [3.8, 4) is 5.75 Å². The van der Waals surface area contributed by atoms with E-state index in [1.165, 1.54) is 0 Å². The van der Waals surface area contributed by atoms with Gasteiger partial charge < -0.3 is 4.74 Å². The van der Waals surface area contributed by atoms with E-state index >= 15 is 0 Å². The predicted molar refractivity (Wildman–Crippen MR) is 67.1 cm³/mol. The Bertz CT molecular complexity index is 451. The van der Waals surface area contributed by atoms with Gasteiger partial charge in [-0.1, -0.05) is 32.0 Å².